The van der Waals surface area contributed by atoms with Gasteiger partial charge in [0, 0.05) is 39.0 Å². The van der Waals surface area contributed by atoms with Crippen LogP contribution < -0.4 is 25.2 Å². The van der Waals surface area contributed by atoms with Gasteiger partial charge in [-0.15, -0.1) is 11.3 Å². The number of aromatic nitrogens is 2. The lowest BCUT2D eigenvalue weighted by molar-refractivity contribution is -0.144. The first-order chi connectivity index (χ1) is 33.6. The Morgan fingerprint density at radius 3 is 2.34 bits per heavy atom. The predicted molar refractivity (Wildman–Crippen MR) is 258 cm³/mol. The van der Waals surface area contributed by atoms with E-state index < -0.39 is 74.6 Å². The van der Waals surface area contributed by atoms with Crippen molar-refractivity contribution >= 4 is 63.7 Å². The summed E-state index contributed by atoms with van der Waals surface area (Å²) in [4.78, 5) is 66.4. The highest BCUT2D eigenvalue weighted by Crippen LogP contribution is 2.42. The molecule has 2 N–H and O–H groups in total. The van der Waals surface area contributed by atoms with Gasteiger partial charge in [-0.05, 0) is 93.8 Å². The summed E-state index contributed by atoms with van der Waals surface area (Å²) in [5.41, 5.74) is -1.19. The van der Waals surface area contributed by atoms with Crippen LogP contribution in [0.2, 0.25) is 0 Å². The van der Waals surface area contributed by atoms with E-state index in [1.54, 1.807) is 16.2 Å². The number of carbonyl (C=O) groups is 4. The summed E-state index contributed by atoms with van der Waals surface area (Å²) in [5.74, 6) is -5.07. The van der Waals surface area contributed by atoms with E-state index >= 15 is 8.78 Å². The number of pyridine rings is 1. The van der Waals surface area contributed by atoms with E-state index in [2.05, 4.69) is 20.6 Å². The molecule has 6 rings (SSSR count). The molecule has 2 unspecified atom stereocenters. The molecule has 4 aromatic rings. The van der Waals surface area contributed by atoms with E-state index in [4.69, 9.17) is 31.7 Å². The van der Waals surface area contributed by atoms with Gasteiger partial charge >= 0.3 is 6.18 Å². The lowest BCUT2D eigenvalue weighted by Crippen LogP contribution is -2.58. The molecule has 2 aromatic heterocycles. The Morgan fingerprint density at radius 2 is 1.69 bits per heavy atom. The normalized spacial score (nSPS) is 16.3. The molecule has 0 radical (unpaired) electrons. The Balaban J connectivity index is 0.878. The fraction of sp³-hybridized carbons (Fsp3) is 0.469. The Hall–Kier alpha value is -6.15. The molecule has 0 saturated carbocycles. The number of anilines is 2. The number of likely N-dealkylation sites (tertiary alicyclic amines) is 1. The lowest BCUT2D eigenvalue weighted by Gasteiger charge is -2.35. The molecule has 71 heavy (non-hydrogen) atoms. The Labute approximate surface area is 417 Å². The van der Waals surface area contributed by atoms with Crippen LogP contribution in [-0.2, 0) is 41.4 Å². The molecule has 0 aliphatic carbocycles. The van der Waals surface area contributed by atoms with Gasteiger partial charge in [0.1, 0.15) is 29.8 Å². The van der Waals surface area contributed by atoms with Crippen LogP contribution in [0.1, 0.15) is 89.1 Å². The third kappa shape index (κ3) is 12.7. The van der Waals surface area contributed by atoms with E-state index in [1.165, 1.54) is 19.9 Å². The summed E-state index contributed by atoms with van der Waals surface area (Å²) in [5, 5.41) is 14.5. The zero-order valence-electron chi connectivity index (χ0n) is 40.1. The van der Waals surface area contributed by atoms with Gasteiger partial charge in [0.05, 0.1) is 51.9 Å². The molecule has 4 amide bonds. The second-order valence-corrected chi connectivity index (χ2v) is 19.8. The number of thiocarbonyl (C=S) groups is 1. The number of carbonyl (C=O) groups excluding carboxylic acids is 4. The first-order valence-corrected chi connectivity index (χ1v) is 24.1. The number of thiazole rings is 1. The molecule has 2 atom stereocenters. The van der Waals surface area contributed by atoms with Gasteiger partial charge in [-0.3, -0.25) is 24.1 Å². The molecule has 2 aliphatic rings. The van der Waals surface area contributed by atoms with Crippen LogP contribution in [0.15, 0.2) is 54.2 Å². The van der Waals surface area contributed by atoms with Crippen LogP contribution in [0.25, 0.3) is 10.4 Å². The summed E-state index contributed by atoms with van der Waals surface area (Å²) >= 11 is 6.98. The quantitative estimate of drug-likeness (QED) is 0.0496. The highest BCUT2D eigenvalue weighted by Gasteiger charge is 2.52. The molecule has 0 spiro atoms. The highest BCUT2D eigenvalue weighted by atomic mass is 32.1. The maximum Gasteiger partial charge on any atom is 0.420 e. The van der Waals surface area contributed by atoms with E-state index in [1.807, 2.05) is 57.5 Å². The van der Waals surface area contributed by atoms with Crippen LogP contribution in [0.5, 0.6) is 5.88 Å². The number of aryl methyl sites for hydroxylation is 1. The SMILES string of the molecule is Cc1ncsc1-c1ccc(CNC(=O)C2CCCN2C(=O)C(NC(=O)COCCCOCCCCOc2ncc(N3C(=S)N(c4ccc(C#N)c(C(F)(F)F)c4F)C(=O)C3(C)C)cc2F)C(C)(C)C)cc1. The van der Waals surface area contributed by atoms with Gasteiger partial charge in [0.25, 0.3) is 11.8 Å². The summed E-state index contributed by atoms with van der Waals surface area (Å²) in [6, 6.07) is 10.2. The predicted octanol–water partition coefficient (Wildman–Crippen LogP) is 8.02. The van der Waals surface area contributed by atoms with Gasteiger partial charge in [-0.1, -0.05) is 45.0 Å². The second kappa shape index (κ2) is 22.9. The van der Waals surface area contributed by atoms with E-state index in [-0.39, 0.29) is 43.2 Å². The van der Waals surface area contributed by atoms with Crippen molar-refractivity contribution in [3.63, 3.8) is 0 Å². The second-order valence-electron chi connectivity index (χ2n) is 18.5. The maximum atomic E-state index is 15.3. The average Bonchev–Trinajstić information content (AvgIpc) is 4.02. The minimum atomic E-state index is -5.24. The van der Waals surface area contributed by atoms with E-state index in [0.717, 1.165) is 51.0 Å². The number of nitriles is 1. The zero-order valence-corrected chi connectivity index (χ0v) is 41.7. The van der Waals surface area contributed by atoms with Crippen molar-refractivity contribution in [3.8, 4) is 22.4 Å². The van der Waals surface area contributed by atoms with Gasteiger partial charge in [-0.2, -0.15) is 18.4 Å². The molecule has 15 nitrogen and oxygen atoms in total. The van der Waals surface area contributed by atoms with Crippen molar-refractivity contribution in [3.05, 3.63) is 88.2 Å². The molecule has 2 saturated heterocycles. The minimum absolute atomic E-state index is 0.0424. The molecule has 380 valence electrons. The number of ether oxygens (including phenoxy) is 3. The monoisotopic (exact) mass is 1030 g/mol. The zero-order chi connectivity index (χ0) is 51.8. The average molecular weight is 1030 g/mol. The number of rotatable bonds is 20. The summed E-state index contributed by atoms with van der Waals surface area (Å²) < 4.78 is 88.5. The molecular weight excluding hydrogens is 972 g/mol. The van der Waals surface area contributed by atoms with Crippen molar-refractivity contribution in [2.75, 3.05) is 49.4 Å². The van der Waals surface area contributed by atoms with E-state index in [0.29, 0.717) is 63.3 Å². The third-order valence-electron chi connectivity index (χ3n) is 11.9. The smallest absolute Gasteiger partial charge is 0.420 e. The summed E-state index contributed by atoms with van der Waals surface area (Å²) in [6.07, 6.45) is -1.43. The Bertz CT molecular complexity index is 2650. The number of alkyl halides is 3. The van der Waals surface area contributed by atoms with Crippen molar-refractivity contribution in [2.24, 2.45) is 5.41 Å². The first kappa shape index (κ1) is 54.2. The van der Waals surface area contributed by atoms with E-state index in [9.17, 15) is 32.3 Å². The third-order valence-corrected chi connectivity index (χ3v) is 13.2. The van der Waals surface area contributed by atoms with Gasteiger partial charge in [0.15, 0.2) is 16.7 Å². The lowest BCUT2D eigenvalue weighted by atomic mass is 9.85. The number of unbranched alkanes of at least 4 members (excludes halogenated alkanes) is 1. The fourth-order valence-electron chi connectivity index (χ4n) is 8.18. The van der Waals surface area contributed by atoms with Gasteiger partial charge in [-0.25, -0.2) is 18.7 Å². The largest absolute Gasteiger partial charge is 0.476 e. The number of halogens is 5. The van der Waals surface area contributed by atoms with Crippen LogP contribution >= 0.6 is 23.6 Å². The number of benzene rings is 2. The van der Waals surface area contributed by atoms with Crippen molar-refractivity contribution in [1.29, 1.82) is 5.26 Å². The molecule has 2 aliphatic heterocycles. The van der Waals surface area contributed by atoms with Crippen molar-refractivity contribution in [2.45, 2.75) is 104 Å². The molecule has 22 heteroatoms. The molecular formula is C49H55F5N8O7S2. The van der Waals surface area contributed by atoms with Crippen LogP contribution in [0.4, 0.5) is 33.3 Å². The number of amides is 4. The Morgan fingerprint density at radius 1 is 1.00 bits per heavy atom. The van der Waals surface area contributed by atoms with Crippen molar-refractivity contribution in [1.82, 2.24) is 25.5 Å². The van der Waals surface area contributed by atoms with Crippen molar-refractivity contribution < 1.29 is 55.3 Å². The Kier molecular flexibility index (Phi) is 17.5. The summed E-state index contributed by atoms with van der Waals surface area (Å²) in [7, 11) is 0. The maximum absolute atomic E-state index is 15.3. The van der Waals surface area contributed by atoms with Crippen LogP contribution in [-0.4, -0.2) is 101 Å². The van der Waals surface area contributed by atoms with Crippen LogP contribution in [0.3, 0.4) is 0 Å². The van der Waals surface area contributed by atoms with Gasteiger partial charge < -0.3 is 34.6 Å². The molecule has 2 aromatic carbocycles. The van der Waals surface area contributed by atoms with Gasteiger partial charge in [0.2, 0.25) is 17.7 Å². The number of nitrogens with one attached hydrogen (secondary N) is 2. The molecule has 4 heterocycles. The fourth-order valence-corrected chi connectivity index (χ4v) is 9.50. The standard InChI is InChI=1S/C49H55F5N8O7S2/c1-29-40(71-28-58-29)31-14-12-30(13-15-31)25-56-42(64)36-11-9-18-60(36)44(65)41(47(2,3)4)59-37(63)27-68-21-10-20-67-19-7-8-22-69-43-34(50)23-33(26-57-43)62-46(70)61(45(66)48(62,5)6)35-17-16-32(24-55)38(39(35)51)49(52,53)54/h12-17,23,26,28,36,41H,7-11,18-22,25,27H2,1-6H3,(H,56,64)(H,59,63). The molecule has 2 fully saturated rings. The van der Waals surface area contributed by atoms with Crippen LogP contribution in [0, 0.1) is 35.3 Å². The minimum Gasteiger partial charge on any atom is -0.476 e. The first-order valence-electron chi connectivity index (χ1n) is 22.9. The highest BCUT2D eigenvalue weighted by molar-refractivity contribution is 7.81. The number of nitrogens with zero attached hydrogens (tertiary/aromatic N) is 6. The number of hydrogen-bond donors (Lipinski definition) is 2. The summed E-state index contributed by atoms with van der Waals surface area (Å²) in [6.45, 7) is 11.6. The molecule has 0 bridgehead atoms. The topological polar surface area (TPSA) is 179 Å². The number of hydrogen-bond acceptors (Lipinski definition) is 12.